The van der Waals surface area contributed by atoms with Crippen molar-refractivity contribution in [2.75, 3.05) is 0 Å². The second-order valence-corrected chi connectivity index (χ2v) is 5.85. The highest BCUT2D eigenvalue weighted by Gasteiger charge is 2.55. The second kappa shape index (κ2) is 3.62. The molecule has 0 aromatic carbocycles. The summed E-state index contributed by atoms with van der Waals surface area (Å²) < 4.78 is 65.1. The standard InChI is InChI=1S/C8H13F3O3S/c1-4-5(2)14-15(12,13)6(3)7(4)8(9,10)11/h4-7H,1-3H3. The zero-order valence-electron chi connectivity index (χ0n) is 8.58. The Morgan fingerprint density at radius 1 is 1.13 bits per heavy atom. The third kappa shape index (κ3) is 2.28. The highest BCUT2D eigenvalue weighted by Crippen LogP contribution is 2.43. The third-order valence-electron chi connectivity index (χ3n) is 2.93. The van der Waals surface area contributed by atoms with Crippen LogP contribution in [0.3, 0.4) is 0 Å². The van der Waals surface area contributed by atoms with Crippen molar-refractivity contribution in [2.24, 2.45) is 11.8 Å². The van der Waals surface area contributed by atoms with E-state index in [9.17, 15) is 21.6 Å². The monoisotopic (exact) mass is 246 g/mol. The summed E-state index contributed by atoms with van der Waals surface area (Å²) in [6.07, 6.45) is -5.44. The molecule has 1 aliphatic rings. The van der Waals surface area contributed by atoms with Crippen LogP contribution in [0, 0.1) is 11.8 Å². The number of hydrogen-bond donors (Lipinski definition) is 0. The van der Waals surface area contributed by atoms with Gasteiger partial charge in [-0.1, -0.05) is 6.92 Å². The molecular weight excluding hydrogens is 233 g/mol. The van der Waals surface area contributed by atoms with Gasteiger partial charge in [0, 0.05) is 0 Å². The molecule has 0 amide bonds. The van der Waals surface area contributed by atoms with E-state index >= 15 is 0 Å². The summed E-state index contributed by atoms with van der Waals surface area (Å²) in [7, 11) is -4.10. The molecule has 0 aliphatic carbocycles. The van der Waals surface area contributed by atoms with Gasteiger partial charge in [0.25, 0.3) is 10.1 Å². The molecule has 90 valence electrons. The van der Waals surface area contributed by atoms with Gasteiger partial charge in [-0.25, -0.2) is 0 Å². The molecule has 4 atom stereocenters. The van der Waals surface area contributed by atoms with Crippen molar-refractivity contribution in [2.45, 2.75) is 38.3 Å². The lowest BCUT2D eigenvalue weighted by molar-refractivity contribution is -0.198. The Morgan fingerprint density at radius 2 is 1.60 bits per heavy atom. The molecule has 0 N–H and O–H groups in total. The minimum Gasteiger partial charge on any atom is -0.267 e. The summed E-state index contributed by atoms with van der Waals surface area (Å²) in [5.41, 5.74) is 0. The van der Waals surface area contributed by atoms with Crippen LogP contribution in [0.4, 0.5) is 13.2 Å². The first-order valence-electron chi connectivity index (χ1n) is 4.56. The molecule has 1 aliphatic heterocycles. The van der Waals surface area contributed by atoms with Crippen molar-refractivity contribution in [3.05, 3.63) is 0 Å². The fourth-order valence-electron chi connectivity index (χ4n) is 1.85. The van der Waals surface area contributed by atoms with Crippen LogP contribution < -0.4 is 0 Å². The molecular formula is C8H13F3O3S. The van der Waals surface area contributed by atoms with Gasteiger partial charge in [-0.3, -0.25) is 4.18 Å². The normalized spacial score (nSPS) is 41.5. The molecule has 3 nitrogen and oxygen atoms in total. The van der Waals surface area contributed by atoms with Gasteiger partial charge in [0.15, 0.2) is 0 Å². The molecule has 0 aromatic heterocycles. The van der Waals surface area contributed by atoms with Crippen LogP contribution in [0.2, 0.25) is 0 Å². The molecule has 1 fully saturated rings. The van der Waals surface area contributed by atoms with E-state index in [-0.39, 0.29) is 0 Å². The van der Waals surface area contributed by atoms with Gasteiger partial charge in [-0.05, 0) is 19.8 Å². The van der Waals surface area contributed by atoms with Crippen LogP contribution in [0.5, 0.6) is 0 Å². The van der Waals surface area contributed by atoms with E-state index in [0.717, 1.165) is 6.92 Å². The van der Waals surface area contributed by atoms with Gasteiger partial charge in [0.05, 0.1) is 17.3 Å². The maximum Gasteiger partial charge on any atom is 0.393 e. The Labute approximate surface area is 86.7 Å². The molecule has 0 bridgehead atoms. The second-order valence-electron chi connectivity index (χ2n) is 3.93. The van der Waals surface area contributed by atoms with Crippen molar-refractivity contribution in [3.8, 4) is 0 Å². The summed E-state index contributed by atoms with van der Waals surface area (Å²) in [4.78, 5) is 0. The minimum absolute atomic E-state index is 0.858. The van der Waals surface area contributed by atoms with Crippen LogP contribution in [0.1, 0.15) is 20.8 Å². The van der Waals surface area contributed by atoms with Gasteiger partial charge in [-0.15, -0.1) is 0 Å². The van der Waals surface area contributed by atoms with Gasteiger partial charge in [-0.2, -0.15) is 21.6 Å². The van der Waals surface area contributed by atoms with Gasteiger partial charge >= 0.3 is 6.18 Å². The lowest BCUT2D eigenvalue weighted by atomic mass is 9.87. The molecule has 0 spiro atoms. The average molecular weight is 246 g/mol. The highest BCUT2D eigenvalue weighted by molar-refractivity contribution is 7.87. The van der Waals surface area contributed by atoms with Crippen LogP contribution in [0.15, 0.2) is 0 Å². The maximum atomic E-state index is 12.6. The molecule has 1 rings (SSSR count). The zero-order chi connectivity index (χ0) is 12.0. The number of alkyl halides is 3. The van der Waals surface area contributed by atoms with E-state index in [1.54, 1.807) is 0 Å². The fraction of sp³-hybridized carbons (Fsp3) is 1.00. The van der Waals surface area contributed by atoms with E-state index in [2.05, 4.69) is 4.18 Å². The molecule has 1 saturated heterocycles. The van der Waals surface area contributed by atoms with Crippen LogP contribution >= 0.6 is 0 Å². The minimum atomic E-state index is -4.51. The number of halogens is 3. The average Bonchev–Trinajstić information content (AvgIpc) is 1.98. The fourth-order valence-corrected chi connectivity index (χ4v) is 3.38. The maximum absolute atomic E-state index is 12.6. The van der Waals surface area contributed by atoms with Crippen molar-refractivity contribution < 1.29 is 25.8 Å². The molecule has 0 saturated carbocycles. The lowest BCUT2D eigenvalue weighted by Crippen LogP contribution is -2.50. The summed E-state index contributed by atoms with van der Waals surface area (Å²) in [6, 6.07) is 0. The topological polar surface area (TPSA) is 43.4 Å². The van der Waals surface area contributed by atoms with E-state index in [1.807, 2.05) is 0 Å². The van der Waals surface area contributed by atoms with Crippen LogP contribution in [0.25, 0.3) is 0 Å². The first-order valence-corrected chi connectivity index (χ1v) is 6.03. The van der Waals surface area contributed by atoms with E-state index in [1.165, 1.54) is 13.8 Å². The molecule has 0 aromatic rings. The zero-order valence-corrected chi connectivity index (χ0v) is 9.39. The number of hydrogen-bond acceptors (Lipinski definition) is 3. The Balaban J connectivity index is 3.12. The summed E-state index contributed by atoms with van der Waals surface area (Å²) in [5, 5.41) is -1.54. The van der Waals surface area contributed by atoms with E-state index < -0.39 is 39.5 Å². The molecule has 4 unspecified atom stereocenters. The van der Waals surface area contributed by atoms with Crippen molar-refractivity contribution in [1.29, 1.82) is 0 Å². The summed E-state index contributed by atoms with van der Waals surface area (Å²) in [6.45, 7) is 3.73. The molecule has 7 heteroatoms. The third-order valence-corrected chi connectivity index (χ3v) is 4.71. The quantitative estimate of drug-likeness (QED) is 0.613. The summed E-state index contributed by atoms with van der Waals surface area (Å²) in [5.74, 6) is -2.71. The SMILES string of the molecule is CC1OS(=O)(=O)C(C)C(C(F)(F)F)C1C. The Hall–Kier alpha value is -0.300. The molecule has 15 heavy (non-hydrogen) atoms. The van der Waals surface area contributed by atoms with E-state index in [0.29, 0.717) is 0 Å². The predicted octanol–water partition coefficient (Wildman–Crippen LogP) is 1.94. The van der Waals surface area contributed by atoms with Gasteiger partial charge in [0.2, 0.25) is 0 Å². The highest BCUT2D eigenvalue weighted by atomic mass is 32.2. The first-order chi connectivity index (χ1) is 6.57. The van der Waals surface area contributed by atoms with Crippen LogP contribution in [-0.2, 0) is 14.3 Å². The van der Waals surface area contributed by atoms with Crippen molar-refractivity contribution in [1.82, 2.24) is 0 Å². The van der Waals surface area contributed by atoms with Crippen LogP contribution in [-0.4, -0.2) is 25.9 Å². The van der Waals surface area contributed by atoms with Gasteiger partial charge < -0.3 is 0 Å². The first kappa shape index (κ1) is 12.8. The Kier molecular flexibility index (Phi) is 3.08. The summed E-state index contributed by atoms with van der Waals surface area (Å²) >= 11 is 0. The largest absolute Gasteiger partial charge is 0.393 e. The lowest BCUT2D eigenvalue weighted by Gasteiger charge is -2.38. The van der Waals surface area contributed by atoms with E-state index in [4.69, 9.17) is 0 Å². The number of rotatable bonds is 0. The Bertz CT molecular complexity index is 336. The Morgan fingerprint density at radius 3 is 2.00 bits per heavy atom. The predicted molar refractivity (Wildman–Crippen MR) is 47.6 cm³/mol. The van der Waals surface area contributed by atoms with Crippen molar-refractivity contribution >= 4 is 10.1 Å². The van der Waals surface area contributed by atoms with Crippen molar-refractivity contribution in [3.63, 3.8) is 0 Å². The molecule has 0 radical (unpaired) electrons. The van der Waals surface area contributed by atoms with Gasteiger partial charge in [0.1, 0.15) is 0 Å². The molecule has 1 heterocycles. The smallest absolute Gasteiger partial charge is 0.267 e.